The third-order valence-electron chi connectivity index (χ3n) is 2.23. The maximum atomic E-state index is 11.1. The Morgan fingerprint density at radius 3 is 2.84 bits per heavy atom. The van der Waals surface area contributed by atoms with Crippen LogP contribution in [0.4, 0.5) is 5.69 Å². The molecule has 7 nitrogen and oxygen atoms in total. The van der Waals surface area contributed by atoms with Crippen LogP contribution in [0.15, 0.2) is 52.0 Å². The zero-order chi connectivity index (χ0) is 13.9. The number of hydrogen-bond acceptors (Lipinski definition) is 7. The second-order valence-corrected chi connectivity index (χ2v) is 5.39. The number of nitrogens with zero attached hydrogens (tertiary/aromatic N) is 2. The van der Waals surface area contributed by atoms with E-state index >= 15 is 0 Å². The summed E-state index contributed by atoms with van der Waals surface area (Å²) in [6.07, 6.45) is 2.78. The number of anilines is 1. The molecular formula is C11H10N3O4S-. The molecule has 0 unspecified atom stereocenters. The van der Waals surface area contributed by atoms with Crippen LogP contribution in [0.25, 0.3) is 0 Å². The Morgan fingerprint density at radius 1 is 1.42 bits per heavy atom. The van der Waals surface area contributed by atoms with Gasteiger partial charge in [-0.05, 0) is 23.8 Å². The highest BCUT2D eigenvalue weighted by atomic mass is 32.2. The van der Waals surface area contributed by atoms with Gasteiger partial charge in [-0.2, -0.15) is 5.10 Å². The number of sulfone groups is 1. The van der Waals surface area contributed by atoms with Crippen molar-refractivity contribution in [2.45, 2.75) is 0 Å². The molecule has 0 aromatic heterocycles. The summed E-state index contributed by atoms with van der Waals surface area (Å²) in [5, 5.41) is 25.1. The lowest BCUT2D eigenvalue weighted by Crippen LogP contribution is -2.07. The molecule has 1 aliphatic rings. The van der Waals surface area contributed by atoms with Gasteiger partial charge >= 0.3 is 0 Å². The van der Waals surface area contributed by atoms with E-state index in [0.29, 0.717) is 11.3 Å². The summed E-state index contributed by atoms with van der Waals surface area (Å²) in [6, 6.07) is 6.12. The van der Waals surface area contributed by atoms with Crippen LogP contribution in [0.2, 0.25) is 0 Å². The van der Waals surface area contributed by atoms with E-state index in [-0.39, 0.29) is 10.9 Å². The van der Waals surface area contributed by atoms with Crippen molar-refractivity contribution in [3.8, 4) is 0 Å². The third-order valence-corrected chi connectivity index (χ3v) is 3.32. The van der Waals surface area contributed by atoms with Gasteiger partial charge in [0.15, 0.2) is 9.84 Å². The van der Waals surface area contributed by atoms with Crippen molar-refractivity contribution in [1.29, 1.82) is 0 Å². The SMILES string of the molecule is O=S1(=O)C=CC(N/N=C/c2cccc(N([O-])O)c2)=C1. The van der Waals surface area contributed by atoms with Crippen molar-refractivity contribution in [3.63, 3.8) is 0 Å². The van der Waals surface area contributed by atoms with Gasteiger partial charge in [0.1, 0.15) is 0 Å². The summed E-state index contributed by atoms with van der Waals surface area (Å²) in [6.45, 7) is 0. The normalized spacial score (nSPS) is 16.6. The maximum absolute atomic E-state index is 11.1. The molecule has 0 amide bonds. The van der Waals surface area contributed by atoms with Gasteiger partial charge in [0.05, 0.1) is 23.0 Å². The zero-order valence-corrected chi connectivity index (χ0v) is 10.4. The zero-order valence-electron chi connectivity index (χ0n) is 9.59. The molecule has 0 radical (unpaired) electrons. The molecule has 1 aromatic carbocycles. The Labute approximate surface area is 109 Å². The van der Waals surface area contributed by atoms with Gasteiger partial charge in [-0.1, -0.05) is 12.1 Å². The first-order valence-corrected chi connectivity index (χ1v) is 6.77. The van der Waals surface area contributed by atoms with E-state index in [0.717, 1.165) is 10.8 Å². The molecule has 0 fully saturated rings. The molecule has 2 N–H and O–H groups in total. The number of nitrogens with one attached hydrogen (secondary N) is 1. The Morgan fingerprint density at radius 2 is 2.21 bits per heavy atom. The largest absolute Gasteiger partial charge is 0.733 e. The lowest BCUT2D eigenvalue weighted by molar-refractivity contribution is 0.296. The minimum Gasteiger partial charge on any atom is -0.733 e. The molecule has 0 atom stereocenters. The summed E-state index contributed by atoms with van der Waals surface area (Å²) in [5.74, 6) is 0. The van der Waals surface area contributed by atoms with Crippen molar-refractivity contribution >= 4 is 21.7 Å². The van der Waals surface area contributed by atoms with E-state index in [1.165, 1.54) is 24.4 Å². The second-order valence-electron chi connectivity index (χ2n) is 3.70. The molecule has 8 heteroatoms. The minimum atomic E-state index is -3.27. The van der Waals surface area contributed by atoms with Gasteiger partial charge in [-0.3, -0.25) is 10.6 Å². The topological polar surface area (TPSA) is 105 Å². The van der Waals surface area contributed by atoms with Crippen molar-refractivity contribution < 1.29 is 13.6 Å². The van der Waals surface area contributed by atoms with Crippen LogP contribution < -0.4 is 10.7 Å². The fourth-order valence-electron chi connectivity index (χ4n) is 1.39. The van der Waals surface area contributed by atoms with E-state index in [1.54, 1.807) is 12.1 Å². The van der Waals surface area contributed by atoms with Crippen LogP contribution in [0.1, 0.15) is 5.56 Å². The molecule has 100 valence electrons. The van der Waals surface area contributed by atoms with Gasteiger partial charge in [-0.25, -0.2) is 8.42 Å². The third kappa shape index (κ3) is 3.65. The highest BCUT2D eigenvalue weighted by molar-refractivity contribution is 7.97. The Balaban J connectivity index is 2.04. The van der Waals surface area contributed by atoms with Gasteiger partial charge in [0.2, 0.25) is 0 Å². The maximum Gasteiger partial charge on any atom is 0.195 e. The van der Waals surface area contributed by atoms with Crippen LogP contribution >= 0.6 is 0 Å². The molecule has 0 saturated heterocycles. The van der Waals surface area contributed by atoms with Gasteiger partial charge in [-0.15, -0.1) is 0 Å². The highest BCUT2D eigenvalue weighted by Gasteiger charge is 2.09. The standard InChI is InChI=1S/C11H10N3O4S/c15-14(16)11-3-1-2-9(6-11)7-12-13-10-4-5-19(17,18)8-10/h1-8,13,15H/q-1/b12-7+. The van der Waals surface area contributed by atoms with E-state index in [4.69, 9.17) is 5.21 Å². The van der Waals surface area contributed by atoms with E-state index in [1.807, 2.05) is 0 Å². The van der Waals surface area contributed by atoms with Crippen molar-refractivity contribution in [1.82, 2.24) is 5.43 Å². The Bertz CT molecular complexity index is 662. The monoisotopic (exact) mass is 280 g/mol. The summed E-state index contributed by atoms with van der Waals surface area (Å²) in [7, 11) is -3.27. The first kappa shape index (κ1) is 13.3. The molecule has 0 bridgehead atoms. The molecule has 19 heavy (non-hydrogen) atoms. The first-order chi connectivity index (χ1) is 8.96. The molecule has 1 heterocycles. The lowest BCUT2D eigenvalue weighted by Gasteiger charge is -2.21. The Kier molecular flexibility index (Phi) is 3.65. The van der Waals surface area contributed by atoms with Crippen LogP contribution in [0.5, 0.6) is 0 Å². The van der Waals surface area contributed by atoms with E-state index in [2.05, 4.69) is 10.5 Å². The average Bonchev–Trinajstić information content (AvgIpc) is 2.69. The number of benzene rings is 1. The fraction of sp³-hybridized carbons (Fsp3) is 0. The number of rotatable bonds is 4. The van der Waals surface area contributed by atoms with Gasteiger partial charge in [0, 0.05) is 5.41 Å². The number of hydrazone groups is 1. The average molecular weight is 280 g/mol. The van der Waals surface area contributed by atoms with Crippen LogP contribution in [-0.2, 0) is 9.84 Å². The van der Waals surface area contributed by atoms with Crippen molar-refractivity contribution in [2.75, 3.05) is 5.23 Å². The summed E-state index contributed by atoms with van der Waals surface area (Å²) >= 11 is 0. The van der Waals surface area contributed by atoms with Gasteiger partial charge in [0.25, 0.3) is 0 Å². The quantitative estimate of drug-likeness (QED) is 0.631. The lowest BCUT2D eigenvalue weighted by atomic mass is 10.2. The Hall–Kier alpha value is -2.16. The predicted octanol–water partition coefficient (Wildman–Crippen LogP) is 1.09. The summed E-state index contributed by atoms with van der Waals surface area (Å²) < 4.78 is 22.1. The molecule has 2 rings (SSSR count). The van der Waals surface area contributed by atoms with E-state index in [9.17, 15) is 13.6 Å². The van der Waals surface area contributed by atoms with Crippen molar-refractivity contribution in [2.24, 2.45) is 5.10 Å². The van der Waals surface area contributed by atoms with Crippen LogP contribution in [0, 0.1) is 5.21 Å². The summed E-state index contributed by atoms with van der Waals surface area (Å²) in [5.41, 5.74) is 3.54. The molecule has 0 spiro atoms. The molecule has 0 saturated carbocycles. The van der Waals surface area contributed by atoms with Crippen molar-refractivity contribution in [3.05, 3.63) is 57.6 Å². The predicted molar refractivity (Wildman–Crippen MR) is 70.9 cm³/mol. The van der Waals surface area contributed by atoms with E-state index < -0.39 is 9.84 Å². The van der Waals surface area contributed by atoms with Crippen LogP contribution in [-0.4, -0.2) is 19.8 Å². The minimum absolute atomic E-state index is 0.0755. The molecule has 1 aromatic rings. The first-order valence-electron chi connectivity index (χ1n) is 5.16. The summed E-state index contributed by atoms with van der Waals surface area (Å²) in [4.78, 5) is 0. The molecular weight excluding hydrogens is 270 g/mol. The number of allylic oxidation sites excluding steroid dienone is 1. The molecule has 0 aliphatic carbocycles. The van der Waals surface area contributed by atoms with Crippen LogP contribution in [0.3, 0.4) is 0 Å². The smallest absolute Gasteiger partial charge is 0.195 e. The fourth-order valence-corrected chi connectivity index (χ4v) is 2.29. The van der Waals surface area contributed by atoms with Gasteiger partial charge < -0.3 is 10.4 Å². The highest BCUT2D eigenvalue weighted by Crippen LogP contribution is 2.13. The molecule has 1 aliphatic heterocycles. The number of hydrogen-bond donors (Lipinski definition) is 2. The second kappa shape index (κ2) is 5.22.